The van der Waals surface area contributed by atoms with E-state index in [-0.39, 0.29) is 0 Å². The molecule has 1 saturated heterocycles. The van der Waals surface area contributed by atoms with E-state index in [4.69, 9.17) is 0 Å². The summed E-state index contributed by atoms with van der Waals surface area (Å²) in [5.41, 5.74) is 0. The summed E-state index contributed by atoms with van der Waals surface area (Å²) in [5, 5.41) is 3.52. The second-order valence-electron chi connectivity index (χ2n) is 6.96. The summed E-state index contributed by atoms with van der Waals surface area (Å²) in [6.07, 6.45) is 13.1. The molecule has 0 radical (unpaired) electrons. The summed E-state index contributed by atoms with van der Waals surface area (Å²) in [7, 11) is 0. The van der Waals surface area contributed by atoms with Crippen molar-refractivity contribution < 1.29 is 0 Å². The van der Waals surface area contributed by atoms with Crippen LogP contribution < -0.4 is 5.32 Å². The molecular weight excluding hydrogens is 232 g/mol. The lowest BCUT2D eigenvalue weighted by Gasteiger charge is -2.44. The van der Waals surface area contributed by atoms with Crippen molar-refractivity contribution in [3.8, 4) is 0 Å². The summed E-state index contributed by atoms with van der Waals surface area (Å²) in [6, 6.07) is 1.60. The summed E-state index contributed by atoms with van der Waals surface area (Å²) in [5.74, 6) is 1.05. The molecule has 1 saturated carbocycles. The average Bonchev–Trinajstić information content (AvgIpc) is 2.42. The molecule has 1 heterocycles. The molecule has 2 heteroatoms. The van der Waals surface area contributed by atoms with Crippen LogP contribution in [0.3, 0.4) is 0 Å². The summed E-state index contributed by atoms with van der Waals surface area (Å²) < 4.78 is 0. The fraction of sp³-hybridized carbons (Fsp3) is 1.00. The van der Waals surface area contributed by atoms with Crippen LogP contribution >= 0.6 is 0 Å². The van der Waals surface area contributed by atoms with Crippen molar-refractivity contribution in [3.05, 3.63) is 0 Å². The molecule has 1 N–H and O–H groups in total. The van der Waals surface area contributed by atoms with E-state index in [2.05, 4.69) is 24.1 Å². The lowest BCUT2D eigenvalue weighted by Crippen LogP contribution is -2.47. The summed E-state index contributed by atoms with van der Waals surface area (Å²) >= 11 is 0. The molecule has 2 fully saturated rings. The first kappa shape index (κ1) is 15.3. The van der Waals surface area contributed by atoms with Gasteiger partial charge in [0.25, 0.3) is 0 Å². The fourth-order valence-electron chi connectivity index (χ4n) is 4.01. The van der Waals surface area contributed by atoms with E-state index in [0.717, 1.165) is 12.0 Å². The molecule has 2 unspecified atom stereocenters. The molecule has 0 bridgehead atoms. The highest BCUT2D eigenvalue weighted by atomic mass is 15.2. The number of hydrogen-bond acceptors (Lipinski definition) is 2. The van der Waals surface area contributed by atoms with E-state index in [1.165, 1.54) is 77.4 Å². The van der Waals surface area contributed by atoms with Crippen LogP contribution in [0.5, 0.6) is 0 Å². The van der Waals surface area contributed by atoms with Crippen LogP contribution in [0, 0.1) is 5.92 Å². The molecule has 2 aliphatic rings. The van der Waals surface area contributed by atoms with Crippen molar-refractivity contribution in [2.24, 2.45) is 5.92 Å². The Hall–Kier alpha value is -0.0800. The molecule has 0 aromatic heterocycles. The zero-order chi connectivity index (χ0) is 13.5. The minimum absolute atomic E-state index is 0.644. The molecular formula is C17H34N2. The number of piperidine rings is 1. The molecule has 112 valence electrons. The Morgan fingerprint density at radius 3 is 2.63 bits per heavy atom. The smallest absolute Gasteiger partial charge is 0.0123 e. The number of nitrogens with zero attached hydrogens (tertiary/aromatic N) is 1. The van der Waals surface area contributed by atoms with Gasteiger partial charge in [-0.25, -0.2) is 0 Å². The van der Waals surface area contributed by atoms with Gasteiger partial charge >= 0.3 is 0 Å². The minimum atomic E-state index is 0.644. The van der Waals surface area contributed by atoms with Gasteiger partial charge in [0.15, 0.2) is 0 Å². The Kier molecular flexibility index (Phi) is 6.66. The highest BCUT2D eigenvalue weighted by Crippen LogP contribution is 2.35. The van der Waals surface area contributed by atoms with E-state index in [0.29, 0.717) is 6.04 Å². The monoisotopic (exact) mass is 266 g/mol. The number of unbranched alkanes of at least 4 members (excludes halogenated alkanes) is 2. The Morgan fingerprint density at radius 1 is 1.00 bits per heavy atom. The van der Waals surface area contributed by atoms with Crippen LogP contribution in [0.1, 0.15) is 71.6 Å². The largest absolute Gasteiger partial charge is 0.315 e. The third-order valence-electron chi connectivity index (χ3n) is 5.03. The summed E-state index contributed by atoms with van der Waals surface area (Å²) in [6.45, 7) is 8.41. The normalized spacial score (nSPS) is 28.6. The number of rotatable bonds is 7. The van der Waals surface area contributed by atoms with Gasteiger partial charge in [0, 0.05) is 12.1 Å². The number of likely N-dealkylation sites (tertiary alicyclic amines) is 1. The maximum Gasteiger partial charge on any atom is 0.0123 e. The third-order valence-corrected chi connectivity index (χ3v) is 5.03. The van der Waals surface area contributed by atoms with Gasteiger partial charge in [0.1, 0.15) is 0 Å². The minimum Gasteiger partial charge on any atom is -0.315 e. The van der Waals surface area contributed by atoms with E-state index in [9.17, 15) is 0 Å². The van der Waals surface area contributed by atoms with Crippen LogP contribution in [-0.4, -0.2) is 36.6 Å². The maximum absolute atomic E-state index is 3.52. The molecule has 0 amide bonds. The highest BCUT2D eigenvalue weighted by Gasteiger charge is 2.32. The molecule has 1 aliphatic carbocycles. The highest BCUT2D eigenvalue weighted by molar-refractivity contribution is 4.87. The van der Waals surface area contributed by atoms with Gasteiger partial charge in [-0.2, -0.15) is 0 Å². The second kappa shape index (κ2) is 8.26. The number of fused-ring (bicyclic) bond motifs is 1. The molecule has 0 aromatic rings. The quantitative estimate of drug-likeness (QED) is 0.705. The molecule has 1 aliphatic heterocycles. The topological polar surface area (TPSA) is 15.3 Å². The Bertz CT molecular complexity index is 237. The van der Waals surface area contributed by atoms with Gasteiger partial charge in [-0.15, -0.1) is 0 Å². The molecule has 2 rings (SSSR count). The van der Waals surface area contributed by atoms with Crippen LogP contribution in [-0.2, 0) is 0 Å². The zero-order valence-corrected chi connectivity index (χ0v) is 13.2. The van der Waals surface area contributed by atoms with Crippen LogP contribution in [0.2, 0.25) is 0 Å². The molecule has 0 spiro atoms. The van der Waals surface area contributed by atoms with Gasteiger partial charge in [0.2, 0.25) is 0 Å². The van der Waals surface area contributed by atoms with Crippen molar-refractivity contribution in [2.45, 2.75) is 83.7 Å². The van der Waals surface area contributed by atoms with Crippen molar-refractivity contribution >= 4 is 0 Å². The Morgan fingerprint density at radius 2 is 1.79 bits per heavy atom. The lowest BCUT2D eigenvalue weighted by molar-refractivity contribution is 0.0595. The first-order chi connectivity index (χ1) is 9.27. The van der Waals surface area contributed by atoms with Gasteiger partial charge in [-0.3, -0.25) is 0 Å². The fourth-order valence-corrected chi connectivity index (χ4v) is 4.01. The lowest BCUT2D eigenvalue weighted by atomic mass is 9.78. The average molecular weight is 266 g/mol. The van der Waals surface area contributed by atoms with Crippen LogP contribution in [0.25, 0.3) is 0 Å². The predicted octanol–water partition coefficient (Wildman–Crippen LogP) is 3.81. The molecule has 2 nitrogen and oxygen atoms in total. The maximum atomic E-state index is 3.52. The van der Waals surface area contributed by atoms with E-state index in [1.807, 2.05) is 0 Å². The van der Waals surface area contributed by atoms with E-state index >= 15 is 0 Å². The van der Waals surface area contributed by atoms with Gasteiger partial charge in [-0.05, 0) is 64.1 Å². The summed E-state index contributed by atoms with van der Waals surface area (Å²) in [4.78, 5) is 2.84. The van der Waals surface area contributed by atoms with Crippen molar-refractivity contribution in [2.75, 3.05) is 19.6 Å². The zero-order valence-electron chi connectivity index (χ0n) is 13.2. The predicted molar refractivity (Wildman–Crippen MR) is 83.5 cm³/mol. The van der Waals surface area contributed by atoms with Crippen LogP contribution in [0.15, 0.2) is 0 Å². The Labute approximate surface area is 120 Å². The third kappa shape index (κ3) is 5.07. The van der Waals surface area contributed by atoms with Gasteiger partial charge in [0.05, 0.1) is 0 Å². The standard InChI is InChI=1S/C17H34N2/c1-15(2)18-12-6-3-7-13-19-14-8-10-16-9-4-5-11-17(16)19/h15-18H,3-14H2,1-2H3. The van der Waals surface area contributed by atoms with Crippen molar-refractivity contribution in [1.29, 1.82) is 0 Å². The first-order valence-corrected chi connectivity index (χ1v) is 8.75. The van der Waals surface area contributed by atoms with Crippen molar-refractivity contribution in [1.82, 2.24) is 10.2 Å². The molecule has 2 atom stereocenters. The van der Waals surface area contributed by atoms with Crippen molar-refractivity contribution in [3.63, 3.8) is 0 Å². The van der Waals surface area contributed by atoms with Gasteiger partial charge in [-0.1, -0.05) is 33.1 Å². The number of hydrogen-bond donors (Lipinski definition) is 1. The molecule has 0 aromatic carbocycles. The first-order valence-electron chi connectivity index (χ1n) is 8.75. The SMILES string of the molecule is CC(C)NCCCCCN1CCCC2CCCCC21. The molecule has 19 heavy (non-hydrogen) atoms. The Balaban J connectivity index is 1.59. The van der Waals surface area contributed by atoms with Crippen LogP contribution in [0.4, 0.5) is 0 Å². The van der Waals surface area contributed by atoms with E-state index in [1.54, 1.807) is 0 Å². The van der Waals surface area contributed by atoms with Gasteiger partial charge < -0.3 is 10.2 Å². The van der Waals surface area contributed by atoms with E-state index < -0.39 is 0 Å². The second-order valence-corrected chi connectivity index (χ2v) is 6.96. The number of nitrogens with one attached hydrogen (secondary N) is 1.